The second-order valence-electron chi connectivity index (χ2n) is 8.51. The number of amides is 1. The zero-order valence-electron chi connectivity index (χ0n) is 19.5. The van der Waals surface area contributed by atoms with Crippen molar-refractivity contribution in [2.45, 2.75) is 6.92 Å². The summed E-state index contributed by atoms with van der Waals surface area (Å²) in [5, 5.41) is 7.69. The number of hydrogen-bond donors (Lipinski definition) is 2. The van der Waals surface area contributed by atoms with Crippen molar-refractivity contribution in [1.82, 2.24) is 24.8 Å². The molecule has 2 N–H and O–H groups in total. The van der Waals surface area contributed by atoms with Gasteiger partial charge in [-0.15, -0.1) is 12.8 Å². The van der Waals surface area contributed by atoms with Crippen LogP contribution in [0, 0.1) is 25.2 Å². The number of rotatable bonds is 5. The van der Waals surface area contributed by atoms with Crippen LogP contribution < -0.4 is 15.5 Å². The van der Waals surface area contributed by atoms with Crippen LogP contribution in [0.4, 0.5) is 17.3 Å². The highest BCUT2D eigenvalue weighted by atomic mass is 16.1. The summed E-state index contributed by atoms with van der Waals surface area (Å²) < 4.78 is 1.97. The molecule has 0 saturated carbocycles. The van der Waals surface area contributed by atoms with Crippen molar-refractivity contribution in [3.63, 3.8) is 0 Å². The van der Waals surface area contributed by atoms with Gasteiger partial charge in [0.05, 0.1) is 0 Å². The van der Waals surface area contributed by atoms with E-state index in [0.29, 0.717) is 11.4 Å². The van der Waals surface area contributed by atoms with Gasteiger partial charge in [-0.25, -0.2) is 4.98 Å². The molecule has 8 heteroatoms. The summed E-state index contributed by atoms with van der Waals surface area (Å²) in [6, 6.07) is 10.6. The Morgan fingerprint density at radius 2 is 1.85 bits per heavy atom. The molecule has 5 rings (SSSR count). The molecule has 2 saturated heterocycles. The van der Waals surface area contributed by atoms with Gasteiger partial charge in [0.2, 0.25) is 12.4 Å². The number of fused-ring (bicyclic) bond motifs is 1. The quantitative estimate of drug-likeness (QED) is 0.464. The molecule has 2 aromatic heterocycles. The number of carbonyl (C=O) groups is 1. The van der Waals surface area contributed by atoms with E-state index in [2.05, 4.69) is 75.3 Å². The molecule has 33 heavy (non-hydrogen) atoms. The van der Waals surface area contributed by atoms with Crippen molar-refractivity contribution in [2.75, 3.05) is 50.5 Å². The lowest BCUT2D eigenvalue weighted by Crippen LogP contribution is -2.71. The first-order valence-electron chi connectivity index (χ1n) is 10.7. The Hall–Kier alpha value is -3.83. The molecule has 0 radical (unpaired) electrons. The second-order valence-corrected chi connectivity index (χ2v) is 8.51. The van der Waals surface area contributed by atoms with Crippen LogP contribution in [-0.4, -0.2) is 66.1 Å². The summed E-state index contributed by atoms with van der Waals surface area (Å²) in [5.41, 5.74) is 4.77. The van der Waals surface area contributed by atoms with Crippen LogP contribution in [0.3, 0.4) is 0 Å². The standard InChI is InChI=1S/C20H22N6.C3H7NO.C2H2/c1-3-26-14(2)8-15-9-22-19(24-18(15)26)23-16-4-6-17(7-5-16)25-12-20(13-25)10-21-11-20;1-4(2)3-5;1-2/h3-9,21H,1,10-13H2,2H3,(H,22,23,24);3H,1-2H3;1-2H. The van der Waals surface area contributed by atoms with Gasteiger partial charge in [0.1, 0.15) is 5.65 Å². The van der Waals surface area contributed by atoms with Gasteiger partial charge in [0.15, 0.2) is 0 Å². The van der Waals surface area contributed by atoms with E-state index in [-0.39, 0.29) is 0 Å². The molecule has 0 aliphatic carbocycles. The Morgan fingerprint density at radius 3 is 2.36 bits per heavy atom. The SMILES string of the molecule is C#C.C=Cn1c(C)cc2cnc(Nc3ccc(N4CC5(CNC5)C4)cc3)nc21.CN(C)C=O. The molecule has 4 heterocycles. The summed E-state index contributed by atoms with van der Waals surface area (Å²) in [6.45, 7) is 10.5. The van der Waals surface area contributed by atoms with Crippen LogP contribution in [0.1, 0.15) is 5.69 Å². The average molecular weight is 446 g/mol. The summed E-state index contributed by atoms with van der Waals surface area (Å²) in [6.07, 6.45) is 12.4. The second kappa shape index (κ2) is 10.2. The predicted molar refractivity (Wildman–Crippen MR) is 136 cm³/mol. The first-order chi connectivity index (χ1) is 15.9. The summed E-state index contributed by atoms with van der Waals surface area (Å²) >= 11 is 0. The molecule has 1 amide bonds. The van der Waals surface area contributed by atoms with Gasteiger partial charge < -0.3 is 25.0 Å². The molecule has 8 nitrogen and oxygen atoms in total. The van der Waals surface area contributed by atoms with E-state index >= 15 is 0 Å². The number of carbonyl (C=O) groups excluding carboxylic acids is 1. The minimum absolute atomic E-state index is 0.540. The summed E-state index contributed by atoms with van der Waals surface area (Å²) in [4.78, 5) is 22.4. The van der Waals surface area contributed by atoms with Gasteiger partial charge in [-0.05, 0) is 37.3 Å². The van der Waals surface area contributed by atoms with Crippen molar-refractivity contribution in [3.8, 4) is 12.8 Å². The number of aryl methyl sites for hydroxylation is 1. The topological polar surface area (TPSA) is 78.3 Å². The van der Waals surface area contributed by atoms with E-state index < -0.39 is 0 Å². The van der Waals surface area contributed by atoms with E-state index in [1.54, 1.807) is 20.3 Å². The van der Waals surface area contributed by atoms with Crippen LogP contribution in [0.2, 0.25) is 0 Å². The van der Waals surface area contributed by atoms with Gasteiger partial charge in [-0.3, -0.25) is 4.79 Å². The third-order valence-electron chi connectivity index (χ3n) is 5.70. The van der Waals surface area contributed by atoms with Crippen molar-refractivity contribution in [1.29, 1.82) is 0 Å². The Balaban J connectivity index is 0.000000390. The summed E-state index contributed by atoms with van der Waals surface area (Å²) in [5.74, 6) is 0.592. The lowest BCUT2D eigenvalue weighted by Gasteiger charge is -2.57. The van der Waals surface area contributed by atoms with Crippen molar-refractivity contribution in [2.24, 2.45) is 5.41 Å². The van der Waals surface area contributed by atoms with Gasteiger partial charge in [0.25, 0.3) is 0 Å². The number of benzene rings is 1. The monoisotopic (exact) mass is 445 g/mol. The first-order valence-corrected chi connectivity index (χ1v) is 10.7. The van der Waals surface area contributed by atoms with E-state index in [4.69, 9.17) is 0 Å². The van der Waals surface area contributed by atoms with Gasteiger partial charge in [-0.2, -0.15) is 4.98 Å². The lowest BCUT2D eigenvalue weighted by molar-refractivity contribution is -0.115. The Bertz CT molecular complexity index is 1120. The zero-order valence-corrected chi connectivity index (χ0v) is 19.5. The number of terminal acetylenes is 1. The Labute approximate surface area is 195 Å². The van der Waals surface area contributed by atoms with Crippen LogP contribution in [0.5, 0.6) is 0 Å². The fraction of sp³-hybridized carbons (Fsp3) is 0.320. The minimum Gasteiger partial charge on any atom is -0.370 e. The fourth-order valence-corrected chi connectivity index (χ4v) is 3.96. The number of nitrogens with one attached hydrogen (secondary N) is 2. The van der Waals surface area contributed by atoms with Crippen molar-refractivity contribution >= 4 is 41.0 Å². The molecule has 2 aliphatic rings. The lowest BCUT2D eigenvalue weighted by atomic mass is 9.74. The molecule has 2 fully saturated rings. The van der Waals surface area contributed by atoms with Crippen LogP contribution >= 0.6 is 0 Å². The molecule has 172 valence electrons. The number of aromatic nitrogens is 3. The van der Waals surface area contributed by atoms with Crippen LogP contribution in [0.15, 0.2) is 43.1 Å². The molecular weight excluding hydrogens is 414 g/mol. The van der Waals surface area contributed by atoms with Gasteiger partial charge >= 0.3 is 0 Å². The highest BCUT2D eigenvalue weighted by molar-refractivity contribution is 5.80. The van der Waals surface area contributed by atoms with E-state index in [9.17, 15) is 4.79 Å². The minimum atomic E-state index is 0.540. The highest BCUT2D eigenvalue weighted by Crippen LogP contribution is 2.37. The summed E-state index contributed by atoms with van der Waals surface area (Å²) in [7, 11) is 3.38. The van der Waals surface area contributed by atoms with Crippen LogP contribution in [0.25, 0.3) is 17.2 Å². The average Bonchev–Trinajstić information content (AvgIpc) is 3.09. The molecule has 3 aromatic rings. The molecule has 0 atom stereocenters. The maximum atomic E-state index is 9.43. The molecular formula is C25H31N7O. The highest BCUT2D eigenvalue weighted by Gasteiger charge is 2.47. The van der Waals surface area contributed by atoms with Crippen molar-refractivity contribution in [3.05, 3.63) is 48.8 Å². The molecule has 1 spiro atoms. The maximum absolute atomic E-state index is 9.43. The van der Waals surface area contributed by atoms with Crippen LogP contribution in [-0.2, 0) is 4.79 Å². The number of hydrogen-bond acceptors (Lipinski definition) is 6. The van der Waals surface area contributed by atoms with E-state index in [1.807, 2.05) is 17.7 Å². The number of nitrogens with zero attached hydrogens (tertiary/aromatic N) is 5. The maximum Gasteiger partial charge on any atom is 0.229 e. The van der Waals surface area contributed by atoms with Gasteiger partial charge in [0, 0.05) is 80.5 Å². The Morgan fingerprint density at radius 1 is 1.21 bits per heavy atom. The zero-order chi connectivity index (χ0) is 24.0. The predicted octanol–water partition coefficient (Wildman–Crippen LogP) is 2.95. The van der Waals surface area contributed by atoms with Gasteiger partial charge in [-0.1, -0.05) is 6.58 Å². The van der Waals surface area contributed by atoms with E-state index in [0.717, 1.165) is 55.0 Å². The third-order valence-corrected chi connectivity index (χ3v) is 5.70. The molecule has 2 aliphatic heterocycles. The number of anilines is 3. The molecule has 1 aromatic carbocycles. The first kappa shape index (κ1) is 23.8. The van der Waals surface area contributed by atoms with Crippen molar-refractivity contribution < 1.29 is 4.79 Å². The Kier molecular flexibility index (Phi) is 7.36. The fourth-order valence-electron chi connectivity index (χ4n) is 3.96. The third kappa shape index (κ3) is 5.16. The smallest absolute Gasteiger partial charge is 0.229 e. The molecule has 0 bridgehead atoms. The van der Waals surface area contributed by atoms with E-state index in [1.165, 1.54) is 10.6 Å². The normalized spacial score (nSPS) is 15.1. The molecule has 0 unspecified atom stereocenters. The largest absolute Gasteiger partial charge is 0.370 e.